The summed E-state index contributed by atoms with van der Waals surface area (Å²) < 4.78 is 35.7. The topological polar surface area (TPSA) is 76.8 Å². The van der Waals surface area contributed by atoms with Gasteiger partial charge in [0.25, 0.3) is 10.0 Å². The van der Waals surface area contributed by atoms with Crippen molar-refractivity contribution in [3.05, 3.63) is 39.3 Å². The van der Waals surface area contributed by atoms with E-state index in [0.717, 1.165) is 30.0 Å². The average Bonchev–Trinajstić information content (AvgIpc) is 3.20. The van der Waals surface area contributed by atoms with Crippen molar-refractivity contribution in [2.24, 2.45) is 0 Å². The number of carbonyl (C=O) groups is 1. The maximum atomic E-state index is 12.3. The van der Waals surface area contributed by atoms with Crippen LogP contribution in [-0.2, 0) is 34.2 Å². The molecule has 0 fully saturated rings. The number of ether oxygens (including phenoxy) is 1. The number of hydrogen-bond donors (Lipinski definition) is 0. The van der Waals surface area contributed by atoms with E-state index in [9.17, 15) is 13.2 Å². The summed E-state index contributed by atoms with van der Waals surface area (Å²) in [5.74, 6) is -0.0936. The number of fused-ring (bicyclic) bond motifs is 1. The number of aryl methyl sites for hydroxylation is 2. The van der Waals surface area contributed by atoms with Gasteiger partial charge < -0.3 is 9.15 Å². The van der Waals surface area contributed by atoms with Crippen molar-refractivity contribution >= 4 is 27.3 Å². The number of hydrogen-bond acceptors (Lipinski definition) is 6. The van der Waals surface area contributed by atoms with Gasteiger partial charge in [-0.25, -0.2) is 17.5 Å². The molecule has 0 N–H and O–H groups in total. The van der Waals surface area contributed by atoms with Crippen molar-refractivity contribution in [3.8, 4) is 0 Å². The first-order valence-electron chi connectivity index (χ1n) is 8.68. The van der Waals surface area contributed by atoms with Gasteiger partial charge in [0.05, 0.1) is 0 Å². The molecule has 6 nitrogen and oxygen atoms in total. The normalized spacial score (nSPS) is 15.3. The quantitative estimate of drug-likeness (QED) is 0.721. The van der Waals surface area contributed by atoms with Crippen molar-refractivity contribution < 1.29 is 22.4 Å². The molecule has 0 amide bonds. The summed E-state index contributed by atoms with van der Waals surface area (Å²) >= 11 is 1.51. The Morgan fingerprint density at radius 2 is 1.92 bits per heavy atom. The van der Waals surface area contributed by atoms with Crippen molar-refractivity contribution in [1.82, 2.24) is 4.31 Å². The Morgan fingerprint density at radius 1 is 1.19 bits per heavy atom. The molecule has 1 aliphatic carbocycles. The predicted octanol–water partition coefficient (Wildman–Crippen LogP) is 3.61. The van der Waals surface area contributed by atoms with Crippen molar-refractivity contribution in [3.63, 3.8) is 0 Å². The molecule has 0 atom stereocenters. The molecular weight excluding hydrogens is 374 g/mol. The minimum absolute atomic E-state index is 0.0929. The summed E-state index contributed by atoms with van der Waals surface area (Å²) in [6, 6.07) is 4.82. The van der Waals surface area contributed by atoms with Crippen LogP contribution in [0, 0.1) is 0 Å². The first-order chi connectivity index (χ1) is 12.4. The van der Waals surface area contributed by atoms with Crippen LogP contribution in [0.2, 0.25) is 0 Å². The minimum atomic E-state index is -3.63. The van der Waals surface area contributed by atoms with E-state index in [1.54, 1.807) is 0 Å². The first-order valence-corrected chi connectivity index (χ1v) is 10.9. The number of rotatable bonds is 5. The second-order valence-electron chi connectivity index (χ2n) is 6.56. The lowest BCUT2D eigenvalue weighted by atomic mass is 10.00. The Morgan fingerprint density at radius 3 is 2.65 bits per heavy atom. The number of thiophene rings is 1. The molecule has 0 aliphatic heterocycles. The van der Waals surface area contributed by atoms with Gasteiger partial charge in [-0.05, 0) is 49.4 Å². The molecule has 2 aromatic rings. The maximum Gasteiger partial charge on any atom is 0.348 e. The molecule has 26 heavy (non-hydrogen) atoms. The van der Waals surface area contributed by atoms with Crippen LogP contribution in [0.5, 0.6) is 0 Å². The second-order valence-corrected chi connectivity index (χ2v) is 9.78. The molecule has 2 heterocycles. The summed E-state index contributed by atoms with van der Waals surface area (Å²) in [6.45, 7) is -0.0929. The van der Waals surface area contributed by atoms with Crippen LogP contribution in [0.3, 0.4) is 0 Å². The Kier molecular flexibility index (Phi) is 5.84. The van der Waals surface area contributed by atoms with E-state index in [-0.39, 0.29) is 11.7 Å². The summed E-state index contributed by atoms with van der Waals surface area (Å²) in [5, 5.41) is -0.160. The molecule has 0 saturated heterocycles. The third-order valence-electron chi connectivity index (χ3n) is 4.42. The van der Waals surface area contributed by atoms with Gasteiger partial charge in [-0.3, -0.25) is 0 Å². The highest BCUT2D eigenvalue weighted by Crippen LogP contribution is 2.29. The van der Waals surface area contributed by atoms with Crippen LogP contribution in [-0.4, -0.2) is 32.8 Å². The Labute approximate surface area is 157 Å². The molecule has 0 spiro atoms. The van der Waals surface area contributed by atoms with E-state index in [1.165, 1.54) is 60.8 Å². The molecule has 1 aliphatic rings. The zero-order valence-corrected chi connectivity index (χ0v) is 16.6. The SMILES string of the molecule is CN(C)S(=O)(=O)c1ccc(COC(=O)c2cc3c(s2)CCCCCC3)o1. The predicted molar refractivity (Wildman–Crippen MR) is 98.9 cm³/mol. The van der Waals surface area contributed by atoms with Crippen molar-refractivity contribution in [1.29, 1.82) is 0 Å². The molecule has 2 aromatic heterocycles. The summed E-state index contributed by atoms with van der Waals surface area (Å²) in [5.41, 5.74) is 1.26. The van der Waals surface area contributed by atoms with Crippen molar-refractivity contribution in [2.75, 3.05) is 14.1 Å². The third kappa shape index (κ3) is 4.19. The highest BCUT2D eigenvalue weighted by molar-refractivity contribution is 7.88. The summed E-state index contributed by atoms with van der Waals surface area (Å²) in [6.07, 6.45) is 6.85. The van der Waals surface area contributed by atoms with Gasteiger partial charge >= 0.3 is 5.97 Å². The van der Waals surface area contributed by atoms with Gasteiger partial charge in [-0.2, -0.15) is 0 Å². The molecule has 3 rings (SSSR count). The number of nitrogens with zero attached hydrogens (tertiary/aromatic N) is 1. The Hall–Kier alpha value is -1.64. The highest BCUT2D eigenvalue weighted by Gasteiger charge is 2.22. The van der Waals surface area contributed by atoms with Gasteiger partial charge in [0.1, 0.15) is 17.2 Å². The molecule has 142 valence electrons. The number of furan rings is 1. The van der Waals surface area contributed by atoms with Gasteiger partial charge in [-0.1, -0.05) is 12.8 Å². The monoisotopic (exact) mass is 397 g/mol. The van der Waals surface area contributed by atoms with Gasteiger partial charge in [0, 0.05) is 19.0 Å². The van der Waals surface area contributed by atoms with E-state index in [4.69, 9.17) is 9.15 Å². The van der Waals surface area contributed by atoms with E-state index in [1.807, 2.05) is 6.07 Å². The zero-order chi connectivity index (χ0) is 18.7. The van der Waals surface area contributed by atoms with Gasteiger partial charge in [-0.15, -0.1) is 11.3 Å². The summed E-state index contributed by atoms with van der Waals surface area (Å²) in [7, 11) is -0.765. The highest BCUT2D eigenvalue weighted by atomic mass is 32.2. The largest absolute Gasteiger partial charge is 0.453 e. The lowest BCUT2D eigenvalue weighted by Gasteiger charge is -2.07. The number of esters is 1. The molecule has 0 bridgehead atoms. The van der Waals surface area contributed by atoms with Crippen LogP contribution in [0.15, 0.2) is 27.7 Å². The van der Waals surface area contributed by atoms with Gasteiger partial charge in [0.2, 0.25) is 5.09 Å². The molecule has 0 aromatic carbocycles. The number of sulfonamides is 1. The average molecular weight is 398 g/mol. The smallest absolute Gasteiger partial charge is 0.348 e. The van der Waals surface area contributed by atoms with Crippen LogP contribution < -0.4 is 0 Å². The Balaban J connectivity index is 1.64. The third-order valence-corrected chi connectivity index (χ3v) is 7.32. The number of carbonyl (C=O) groups excluding carboxylic acids is 1. The molecule has 0 saturated carbocycles. The van der Waals surface area contributed by atoms with E-state index >= 15 is 0 Å². The maximum absolute atomic E-state index is 12.3. The molecule has 0 unspecified atom stereocenters. The fraction of sp³-hybridized carbons (Fsp3) is 0.500. The molecular formula is C18H23NO5S2. The molecule has 8 heteroatoms. The van der Waals surface area contributed by atoms with Crippen LogP contribution >= 0.6 is 11.3 Å². The van der Waals surface area contributed by atoms with E-state index in [2.05, 4.69) is 0 Å². The van der Waals surface area contributed by atoms with E-state index in [0.29, 0.717) is 10.6 Å². The van der Waals surface area contributed by atoms with E-state index < -0.39 is 16.0 Å². The van der Waals surface area contributed by atoms with Crippen molar-refractivity contribution in [2.45, 2.75) is 50.2 Å². The fourth-order valence-corrected chi connectivity index (χ4v) is 4.87. The van der Waals surface area contributed by atoms with Gasteiger partial charge in [0.15, 0.2) is 0 Å². The molecule has 0 radical (unpaired) electrons. The lowest BCUT2D eigenvalue weighted by molar-refractivity contribution is 0.0446. The Bertz CT molecular complexity index is 854. The lowest BCUT2D eigenvalue weighted by Crippen LogP contribution is -2.21. The zero-order valence-electron chi connectivity index (χ0n) is 15.0. The fourth-order valence-electron chi connectivity index (χ4n) is 2.91. The van der Waals surface area contributed by atoms with Crippen LogP contribution in [0.25, 0.3) is 0 Å². The summed E-state index contributed by atoms with van der Waals surface area (Å²) in [4.78, 5) is 14.2. The van der Waals surface area contributed by atoms with Crippen LogP contribution in [0.4, 0.5) is 0 Å². The standard InChI is InChI=1S/C18H23NO5S2/c1-19(2)26(21,22)17-10-9-14(24-17)12-23-18(20)16-11-13-7-5-3-4-6-8-15(13)25-16/h9-11H,3-8,12H2,1-2H3. The minimum Gasteiger partial charge on any atom is -0.453 e. The first kappa shape index (κ1) is 19.1. The van der Waals surface area contributed by atoms with Crippen LogP contribution in [0.1, 0.15) is 51.6 Å². The second kappa shape index (κ2) is 7.94.